The molecule has 7 nitrogen and oxygen atoms in total. The number of hydrogen-bond acceptors (Lipinski definition) is 7. The Balaban J connectivity index is 1.29. The minimum absolute atomic E-state index is 0.183. The van der Waals surface area contributed by atoms with Gasteiger partial charge in [-0.25, -0.2) is 4.98 Å². The molecule has 0 atom stereocenters. The number of aliphatic hydroxyl groups is 1. The van der Waals surface area contributed by atoms with Crippen LogP contribution in [0.2, 0.25) is 0 Å². The van der Waals surface area contributed by atoms with Gasteiger partial charge < -0.3 is 19.6 Å². The van der Waals surface area contributed by atoms with E-state index in [1.165, 1.54) is 0 Å². The van der Waals surface area contributed by atoms with Crippen molar-refractivity contribution in [2.45, 2.75) is 50.8 Å². The van der Waals surface area contributed by atoms with E-state index in [2.05, 4.69) is 15.2 Å². The summed E-state index contributed by atoms with van der Waals surface area (Å²) in [4.78, 5) is 23.1. The average molecular weight is 409 g/mol. The van der Waals surface area contributed by atoms with E-state index in [0.717, 1.165) is 95.4 Å². The van der Waals surface area contributed by atoms with Crippen molar-refractivity contribution in [3.05, 3.63) is 16.1 Å². The van der Waals surface area contributed by atoms with Gasteiger partial charge in [-0.3, -0.25) is 9.69 Å². The van der Waals surface area contributed by atoms with Crippen LogP contribution >= 0.6 is 11.3 Å². The van der Waals surface area contributed by atoms with Gasteiger partial charge in [-0.1, -0.05) is 0 Å². The number of carbonyl (C=O) groups excluding carboxylic acids is 1. The van der Waals surface area contributed by atoms with Gasteiger partial charge in [-0.15, -0.1) is 11.3 Å². The molecule has 1 N–H and O–H groups in total. The summed E-state index contributed by atoms with van der Waals surface area (Å²) in [5, 5.41) is 14.4. The first-order valence-corrected chi connectivity index (χ1v) is 11.4. The fraction of sp³-hybridized carbons (Fsp3) is 0.800. The monoisotopic (exact) mass is 408 g/mol. The molecule has 1 aromatic rings. The molecule has 3 aliphatic rings. The summed E-state index contributed by atoms with van der Waals surface area (Å²) >= 11 is 1.66. The Morgan fingerprint density at radius 1 is 1.21 bits per heavy atom. The topological polar surface area (TPSA) is 69.1 Å². The first kappa shape index (κ1) is 20.2. The number of ether oxygens (including phenoxy) is 1. The Morgan fingerprint density at radius 2 is 1.89 bits per heavy atom. The van der Waals surface area contributed by atoms with Gasteiger partial charge >= 0.3 is 0 Å². The van der Waals surface area contributed by atoms with Crippen LogP contribution in [0.5, 0.6) is 0 Å². The van der Waals surface area contributed by atoms with Crippen molar-refractivity contribution >= 4 is 17.2 Å². The molecule has 1 aromatic heterocycles. The number of hydrogen-bond donors (Lipinski definition) is 1. The molecular formula is C20H32N4O3S. The Hall–Kier alpha value is -1.06. The zero-order valence-corrected chi connectivity index (χ0v) is 17.6. The molecule has 0 aliphatic carbocycles. The number of nitrogens with zero attached hydrogens (tertiary/aromatic N) is 4. The molecule has 4 rings (SSSR count). The van der Waals surface area contributed by atoms with Crippen molar-refractivity contribution in [2.75, 3.05) is 52.5 Å². The highest BCUT2D eigenvalue weighted by Crippen LogP contribution is 2.35. The molecule has 156 valence electrons. The van der Waals surface area contributed by atoms with Crippen molar-refractivity contribution in [3.63, 3.8) is 0 Å². The highest BCUT2D eigenvalue weighted by Gasteiger charge is 2.38. The fourth-order valence-electron chi connectivity index (χ4n) is 4.61. The van der Waals surface area contributed by atoms with Crippen LogP contribution in [0.4, 0.5) is 0 Å². The third-order valence-corrected chi connectivity index (χ3v) is 7.38. The normalized spacial score (nSPS) is 25.1. The van der Waals surface area contributed by atoms with Crippen molar-refractivity contribution in [1.82, 2.24) is 19.7 Å². The highest BCUT2D eigenvalue weighted by molar-refractivity contribution is 7.09. The zero-order chi connectivity index (χ0) is 19.6. The van der Waals surface area contributed by atoms with E-state index in [1.54, 1.807) is 18.3 Å². The molecule has 0 unspecified atom stereocenters. The minimum Gasteiger partial charge on any atom is -0.383 e. The summed E-state index contributed by atoms with van der Waals surface area (Å²) in [5.41, 5.74) is 0.0582. The predicted molar refractivity (Wildman–Crippen MR) is 108 cm³/mol. The largest absolute Gasteiger partial charge is 0.383 e. The van der Waals surface area contributed by atoms with E-state index >= 15 is 0 Å². The third kappa shape index (κ3) is 4.57. The number of morpholine rings is 1. The Kier molecular flexibility index (Phi) is 6.32. The summed E-state index contributed by atoms with van der Waals surface area (Å²) in [6.45, 7) is 9.53. The molecule has 8 heteroatoms. The van der Waals surface area contributed by atoms with Crippen LogP contribution < -0.4 is 0 Å². The zero-order valence-electron chi connectivity index (χ0n) is 16.8. The van der Waals surface area contributed by atoms with Crippen LogP contribution in [0.25, 0.3) is 0 Å². The first-order valence-electron chi connectivity index (χ1n) is 10.5. The number of likely N-dealkylation sites (tertiary alicyclic amines) is 2. The molecule has 0 bridgehead atoms. The minimum atomic E-state index is -0.795. The van der Waals surface area contributed by atoms with Gasteiger partial charge in [0.05, 0.1) is 25.5 Å². The lowest BCUT2D eigenvalue weighted by atomic mass is 9.87. The summed E-state index contributed by atoms with van der Waals surface area (Å²) in [6.07, 6.45) is 3.55. The summed E-state index contributed by atoms with van der Waals surface area (Å²) in [7, 11) is 0. The van der Waals surface area contributed by atoms with Gasteiger partial charge in [-0.2, -0.15) is 0 Å². The van der Waals surface area contributed by atoms with Crippen LogP contribution in [0.15, 0.2) is 5.38 Å². The fourth-order valence-corrected chi connectivity index (χ4v) is 5.54. The van der Waals surface area contributed by atoms with Gasteiger partial charge in [0.2, 0.25) is 5.91 Å². The van der Waals surface area contributed by atoms with Crippen molar-refractivity contribution < 1.29 is 14.6 Å². The second-order valence-electron chi connectivity index (χ2n) is 8.32. The molecule has 3 aliphatic heterocycles. The molecule has 0 aromatic carbocycles. The van der Waals surface area contributed by atoms with Crippen LogP contribution in [-0.2, 0) is 21.7 Å². The van der Waals surface area contributed by atoms with E-state index < -0.39 is 5.60 Å². The van der Waals surface area contributed by atoms with E-state index in [9.17, 15) is 9.90 Å². The molecular weight excluding hydrogens is 376 g/mol. The number of amides is 1. The number of aromatic nitrogens is 1. The Labute approximate surface area is 171 Å². The molecule has 4 heterocycles. The lowest BCUT2D eigenvalue weighted by Gasteiger charge is -2.43. The van der Waals surface area contributed by atoms with Crippen LogP contribution in [0.1, 0.15) is 43.3 Å². The molecule has 28 heavy (non-hydrogen) atoms. The molecule has 0 spiro atoms. The van der Waals surface area contributed by atoms with Crippen LogP contribution in [0, 0.1) is 0 Å². The van der Waals surface area contributed by atoms with Crippen LogP contribution in [0.3, 0.4) is 0 Å². The quantitative estimate of drug-likeness (QED) is 0.809. The number of thiazole rings is 1. The van der Waals surface area contributed by atoms with Gasteiger partial charge in [0.25, 0.3) is 0 Å². The van der Waals surface area contributed by atoms with Gasteiger partial charge in [0.1, 0.15) is 10.6 Å². The van der Waals surface area contributed by atoms with Crippen molar-refractivity contribution in [1.29, 1.82) is 0 Å². The molecule has 0 saturated carbocycles. The van der Waals surface area contributed by atoms with Crippen molar-refractivity contribution in [2.24, 2.45) is 0 Å². The number of piperidine rings is 2. The maximum atomic E-state index is 11.5. The van der Waals surface area contributed by atoms with E-state index in [-0.39, 0.29) is 5.91 Å². The molecule has 1 amide bonds. The third-order valence-electron chi connectivity index (χ3n) is 6.54. The van der Waals surface area contributed by atoms with E-state index in [1.807, 2.05) is 4.90 Å². The molecule has 0 radical (unpaired) electrons. The Bertz CT molecular complexity index is 660. The average Bonchev–Trinajstić information content (AvgIpc) is 3.19. The molecule has 3 saturated heterocycles. The maximum Gasteiger partial charge on any atom is 0.219 e. The van der Waals surface area contributed by atoms with E-state index in [0.29, 0.717) is 6.04 Å². The second-order valence-corrected chi connectivity index (χ2v) is 9.26. The second kappa shape index (κ2) is 8.75. The summed E-state index contributed by atoms with van der Waals surface area (Å²) < 4.78 is 5.41. The first-order chi connectivity index (χ1) is 13.5. The van der Waals surface area contributed by atoms with Gasteiger partial charge in [0, 0.05) is 57.6 Å². The van der Waals surface area contributed by atoms with Gasteiger partial charge in [0.15, 0.2) is 0 Å². The number of carbonyl (C=O) groups is 1. The number of rotatable bonds is 4. The Morgan fingerprint density at radius 3 is 2.54 bits per heavy atom. The lowest BCUT2D eigenvalue weighted by Crippen LogP contribution is -2.51. The predicted octanol–water partition coefficient (Wildman–Crippen LogP) is 1.27. The van der Waals surface area contributed by atoms with Gasteiger partial charge in [-0.05, 0) is 25.7 Å². The maximum absolute atomic E-state index is 11.5. The summed E-state index contributed by atoms with van der Waals surface area (Å²) in [5.74, 6) is 0.183. The SMILES string of the molecule is CC(=O)N1CCC(N2CCC(O)(c3csc(CN4CCOCC4)n3)CC2)CC1. The standard InChI is InChI=1S/C20H32N4O3S/c1-16(25)23-6-2-17(3-7-23)24-8-4-20(26,5-9-24)18-15-28-19(21-18)14-22-10-12-27-13-11-22/h15,17,26H,2-14H2,1H3. The van der Waals surface area contributed by atoms with E-state index in [4.69, 9.17) is 9.72 Å². The smallest absolute Gasteiger partial charge is 0.219 e. The lowest BCUT2D eigenvalue weighted by molar-refractivity contribution is -0.130. The van der Waals surface area contributed by atoms with Crippen molar-refractivity contribution in [3.8, 4) is 0 Å². The molecule has 3 fully saturated rings. The highest BCUT2D eigenvalue weighted by atomic mass is 32.1. The van der Waals surface area contributed by atoms with Crippen LogP contribution in [-0.4, -0.2) is 89.2 Å². The summed E-state index contributed by atoms with van der Waals surface area (Å²) in [6, 6.07) is 0.535.